The lowest BCUT2D eigenvalue weighted by Gasteiger charge is -2.26. The van der Waals surface area contributed by atoms with Crippen LogP contribution in [0.2, 0.25) is 0 Å². The molecule has 1 aliphatic rings. The van der Waals surface area contributed by atoms with Crippen LogP contribution < -0.4 is 0 Å². The van der Waals surface area contributed by atoms with Gasteiger partial charge in [0.25, 0.3) is 0 Å². The van der Waals surface area contributed by atoms with Crippen LogP contribution in [0.3, 0.4) is 0 Å². The predicted molar refractivity (Wildman–Crippen MR) is 58.6 cm³/mol. The van der Waals surface area contributed by atoms with Crippen LogP contribution in [-0.4, -0.2) is 15.3 Å². The van der Waals surface area contributed by atoms with E-state index in [0.717, 1.165) is 23.0 Å². The van der Waals surface area contributed by atoms with Crippen molar-refractivity contribution in [2.75, 3.05) is 0 Å². The van der Waals surface area contributed by atoms with E-state index < -0.39 is 0 Å². The van der Waals surface area contributed by atoms with Crippen LogP contribution in [0.25, 0.3) is 0 Å². The number of hydrogen-bond acceptors (Lipinski definition) is 2. The van der Waals surface area contributed by atoms with Crippen molar-refractivity contribution >= 4 is 34.2 Å². The zero-order valence-electron chi connectivity index (χ0n) is 6.99. The molecule has 5 heteroatoms. The molecule has 3 nitrogen and oxygen atoms in total. The molecule has 1 aliphatic heterocycles. The molecule has 0 bridgehead atoms. The van der Waals surface area contributed by atoms with Crippen molar-refractivity contribution in [3.05, 3.63) is 16.0 Å². The number of ether oxygens (including phenoxy) is 1. The highest BCUT2D eigenvalue weighted by molar-refractivity contribution is 14.1. The Morgan fingerprint density at radius 2 is 2.46 bits per heavy atom. The summed E-state index contributed by atoms with van der Waals surface area (Å²) < 4.78 is 8.38. The second-order valence-electron chi connectivity index (χ2n) is 3.05. The second kappa shape index (κ2) is 4.14. The lowest BCUT2D eigenvalue weighted by Crippen LogP contribution is -2.22. The van der Waals surface area contributed by atoms with Crippen LogP contribution in [0.1, 0.15) is 25.5 Å². The zero-order valence-corrected chi connectivity index (χ0v) is 9.90. The lowest BCUT2D eigenvalue weighted by atomic mass is 10.2. The van der Waals surface area contributed by atoms with E-state index in [1.165, 1.54) is 0 Å². The first kappa shape index (κ1) is 9.73. The van der Waals surface area contributed by atoms with Crippen LogP contribution in [0.4, 0.5) is 0 Å². The van der Waals surface area contributed by atoms with Gasteiger partial charge in [0.2, 0.25) is 0 Å². The van der Waals surface area contributed by atoms with Crippen LogP contribution in [0.15, 0.2) is 12.3 Å². The van der Waals surface area contributed by atoms with E-state index in [-0.39, 0.29) is 11.8 Å². The molecular weight excluding hydrogens is 302 g/mol. The van der Waals surface area contributed by atoms with E-state index in [4.69, 9.17) is 16.3 Å². The number of nitrogens with zero attached hydrogens (tertiary/aromatic N) is 2. The van der Waals surface area contributed by atoms with Gasteiger partial charge in [-0.05, 0) is 47.9 Å². The third kappa shape index (κ3) is 2.35. The molecule has 2 heterocycles. The molecule has 0 radical (unpaired) electrons. The van der Waals surface area contributed by atoms with Crippen molar-refractivity contribution in [2.45, 2.75) is 31.1 Å². The van der Waals surface area contributed by atoms with Gasteiger partial charge in [0.05, 0.1) is 0 Å². The molecule has 0 saturated carbocycles. The summed E-state index contributed by atoms with van der Waals surface area (Å²) in [4.78, 5) is 0. The van der Waals surface area contributed by atoms with Gasteiger partial charge in [-0.15, -0.1) is 0 Å². The first-order valence-corrected chi connectivity index (χ1v) is 5.77. The fourth-order valence-corrected chi connectivity index (χ4v) is 2.11. The minimum absolute atomic E-state index is 0.0276. The van der Waals surface area contributed by atoms with Gasteiger partial charge < -0.3 is 4.74 Å². The molecule has 2 atom stereocenters. The maximum absolute atomic E-state index is 5.90. The Balaban J connectivity index is 2.08. The first-order valence-electron chi connectivity index (χ1n) is 4.26. The van der Waals surface area contributed by atoms with Crippen molar-refractivity contribution in [1.82, 2.24) is 9.78 Å². The Morgan fingerprint density at radius 1 is 1.62 bits per heavy atom. The third-order valence-corrected chi connectivity index (χ3v) is 2.95. The van der Waals surface area contributed by atoms with E-state index in [1.54, 1.807) is 0 Å². The average molecular weight is 313 g/mol. The largest absolute Gasteiger partial charge is 0.338 e. The van der Waals surface area contributed by atoms with Crippen molar-refractivity contribution in [3.63, 3.8) is 0 Å². The van der Waals surface area contributed by atoms with Gasteiger partial charge in [0, 0.05) is 6.20 Å². The number of halogens is 2. The maximum atomic E-state index is 5.90. The van der Waals surface area contributed by atoms with E-state index in [9.17, 15) is 0 Å². The zero-order chi connectivity index (χ0) is 9.26. The van der Waals surface area contributed by atoms with Crippen molar-refractivity contribution in [1.29, 1.82) is 0 Å². The van der Waals surface area contributed by atoms with Crippen LogP contribution in [0, 0.1) is 3.70 Å². The van der Waals surface area contributed by atoms with Crippen molar-refractivity contribution < 1.29 is 4.74 Å². The quantitative estimate of drug-likeness (QED) is 0.589. The molecule has 1 aromatic heterocycles. The third-order valence-electron chi connectivity index (χ3n) is 2.06. The molecule has 2 rings (SSSR count). The van der Waals surface area contributed by atoms with E-state index in [0.29, 0.717) is 0 Å². The highest BCUT2D eigenvalue weighted by atomic mass is 127. The van der Waals surface area contributed by atoms with Gasteiger partial charge >= 0.3 is 0 Å². The van der Waals surface area contributed by atoms with Gasteiger partial charge in [-0.25, -0.2) is 4.68 Å². The molecule has 0 aromatic carbocycles. The fraction of sp³-hybridized carbons (Fsp3) is 0.625. The van der Waals surface area contributed by atoms with Crippen molar-refractivity contribution in [2.24, 2.45) is 0 Å². The Bertz CT molecular complexity index is 291. The minimum Gasteiger partial charge on any atom is -0.338 e. The normalized spacial score (nSPS) is 29.1. The smallest absolute Gasteiger partial charge is 0.152 e. The summed E-state index contributed by atoms with van der Waals surface area (Å²) in [6.45, 7) is 0. The molecule has 0 aliphatic carbocycles. The Morgan fingerprint density at radius 3 is 3.08 bits per heavy atom. The molecule has 1 aromatic rings. The minimum atomic E-state index is -0.152. The Hall–Kier alpha value is 0.190. The number of aromatic nitrogens is 2. The summed E-state index contributed by atoms with van der Waals surface area (Å²) in [5.41, 5.74) is -0.152. The first-order chi connectivity index (χ1) is 6.25. The van der Waals surface area contributed by atoms with Gasteiger partial charge in [0.1, 0.15) is 9.26 Å². The predicted octanol–water partition coefficient (Wildman–Crippen LogP) is 2.75. The lowest BCUT2D eigenvalue weighted by molar-refractivity contribution is -0.0599. The van der Waals surface area contributed by atoms with Gasteiger partial charge in [-0.2, -0.15) is 5.10 Å². The summed E-state index contributed by atoms with van der Waals surface area (Å²) in [6, 6.07) is 1.96. The fourth-order valence-electron chi connectivity index (χ4n) is 1.43. The molecule has 2 unspecified atom stereocenters. The molecule has 13 heavy (non-hydrogen) atoms. The monoisotopic (exact) mass is 312 g/mol. The molecule has 0 amide bonds. The molecule has 1 saturated heterocycles. The molecule has 0 N–H and O–H groups in total. The van der Waals surface area contributed by atoms with E-state index in [1.807, 2.05) is 16.9 Å². The molecule has 72 valence electrons. The molecule has 0 spiro atoms. The van der Waals surface area contributed by atoms with Crippen LogP contribution in [0.5, 0.6) is 0 Å². The summed E-state index contributed by atoms with van der Waals surface area (Å²) in [7, 11) is 0. The van der Waals surface area contributed by atoms with E-state index in [2.05, 4.69) is 27.7 Å². The maximum Gasteiger partial charge on any atom is 0.152 e. The number of hydrogen-bond donors (Lipinski definition) is 0. The molecule has 1 fully saturated rings. The topological polar surface area (TPSA) is 27.1 Å². The SMILES string of the molecule is ClC1CCCC(n2ccc(I)n2)O1. The highest BCUT2D eigenvalue weighted by Gasteiger charge is 2.22. The summed E-state index contributed by atoms with van der Waals surface area (Å²) >= 11 is 8.08. The van der Waals surface area contributed by atoms with Crippen LogP contribution >= 0.6 is 34.2 Å². The Kier molecular flexibility index (Phi) is 3.10. The van der Waals surface area contributed by atoms with Gasteiger partial charge in [-0.1, -0.05) is 11.6 Å². The van der Waals surface area contributed by atoms with Gasteiger partial charge in [-0.3, -0.25) is 0 Å². The summed E-state index contributed by atoms with van der Waals surface area (Å²) in [5, 5.41) is 4.29. The van der Waals surface area contributed by atoms with E-state index >= 15 is 0 Å². The number of rotatable bonds is 1. The average Bonchev–Trinajstić information content (AvgIpc) is 2.52. The highest BCUT2D eigenvalue weighted by Crippen LogP contribution is 2.28. The summed E-state index contributed by atoms with van der Waals surface area (Å²) in [5.74, 6) is 0. The van der Waals surface area contributed by atoms with Crippen molar-refractivity contribution in [3.8, 4) is 0 Å². The Labute approximate surface area is 95.5 Å². The second-order valence-corrected chi connectivity index (χ2v) is 4.64. The number of alkyl halides is 1. The molecular formula is C8H10ClIN2O. The van der Waals surface area contributed by atoms with Gasteiger partial charge in [0.15, 0.2) is 6.23 Å². The standard InChI is InChI=1S/C8H10ClIN2O/c9-6-2-1-3-8(13-6)12-5-4-7(10)11-12/h4-6,8H,1-3H2. The van der Waals surface area contributed by atoms with Crippen LogP contribution in [-0.2, 0) is 4.74 Å². The summed E-state index contributed by atoms with van der Waals surface area (Å²) in [6.07, 6.45) is 5.01.